The van der Waals surface area contributed by atoms with Gasteiger partial charge in [0.1, 0.15) is 0 Å². The Hall–Kier alpha value is -0.670. The molecule has 0 spiro atoms. The van der Waals surface area contributed by atoms with Gasteiger partial charge in [0.25, 0.3) is 0 Å². The van der Waals surface area contributed by atoms with Crippen molar-refractivity contribution < 1.29 is 0 Å². The molecule has 0 saturated carbocycles. The number of thioether (sulfide) groups is 1. The highest BCUT2D eigenvalue weighted by Gasteiger charge is 2.20. The van der Waals surface area contributed by atoms with Gasteiger partial charge >= 0.3 is 0 Å². The number of nitrogens with two attached hydrogens (primary N) is 1. The van der Waals surface area contributed by atoms with Crippen molar-refractivity contribution in [2.24, 2.45) is 5.73 Å². The summed E-state index contributed by atoms with van der Waals surface area (Å²) < 4.78 is 0. The number of hydrogen-bond donors (Lipinski definition) is 1. The summed E-state index contributed by atoms with van der Waals surface area (Å²) in [6.07, 6.45) is 1.16. The van der Waals surface area contributed by atoms with Gasteiger partial charge in [-0.1, -0.05) is 19.9 Å². The van der Waals surface area contributed by atoms with E-state index in [0.717, 1.165) is 19.5 Å². The Bertz CT molecular complexity index is 388. The zero-order valence-electron chi connectivity index (χ0n) is 10.9. The highest BCUT2D eigenvalue weighted by Crippen LogP contribution is 2.33. The summed E-state index contributed by atoms with van der Waals surface area (Å²) in [5.74, 6) is 0. The number of rotatable bonds is 4. The molecule has 0 radical (unpaired) electrons. The Morgan fingerprint density at radius 1 is 1.35 bits per heavy atom. The van der Waals surface area contributed by atoms with Crippen LogP contribution in [0.5, 0.6) is 0 Å². The Kier molecular flexibility index (Phi) is 4.00. The summed E-state index contributed by atoms with van der Waals surface area (Å²) in [6.45, 7) is 8.62. The summed E-state index contributed by atoms with van der Waals surface area (Å²) in [5, 5.41) is 0.635. The van der Waals surface area contributed by atoms with Crippen LogP contribution in [0.1, 0.15) is 26.3 Å². The average molecular weight is 250 g/mol. The van der Waals surface area contributed by atoms with Crippen LogP contribution in [0, 0.1) is 0 Å². The first-order chi connectivity index (χ1) is 8.06. The van der Waals surface area contributed by atoms with Crippen molar-refractivity contribution in [1.29, 1.82) is 0 Å². The maximum Gasteiger partial charge on any atom is 0.0411 e. The number of anilines is 1. The zero-order valence-corrected chi connectivity index (χ0v) is 11.8. The molecule has 1 aromatic carbocycles. The van der Waals surface area contributed by atoms with Crippen molar-refractivity contribution in [2.75, 3.05) is 18.0 Å². The molecule has 1 aliphatic heterocycles. The van der Waals surface area contributed by atoms with E-state index in [9.17, 15) is 0 Å². The van der Waals surface area contributed by atoms with Crippen LogP contribution in [0.15, 0.2) is 23.1 Å². The van der Waals surface area contributed by atoms with Crippen molar-refractivity contribution in [1.82, 2.24) is 0 Å². The van der Waals surface area contributed by atoms with Crippen molar-refractivity contribution in [2.45, 2.75) is 43.4 Å². The number of hydrogen-bond acceptors (Lipinski definition) is 3. The summed E-state index contributed by atoms with van der Waals surface area (Å²) in [6, 6.07) is 7.09. The lowest BCUT2D eigenvalue weighted by Crippen LogP contribution is -2.34. The number of nitrogens with zero attached hydrogens (tertiary/aromatic N) is 1. The van der Waals surface area contributed by atoms with Crippen LogP contribution >= 0.6 is 11.8 Å². The van der Waals surface area contributed by atoms with Crippen LogP contribution in [0.2, 0.25) is 0 Å². The predicted molar refractivity (Wildman–Crippen MR) is 77.0 cm³/mol. The maximum atomic E-state index is 5.90. The molecule has 2 N–H and O–H groups in total. The van der Waals surface area contributed by atoms with Crippen molar-refractivity contribution in [3.05, 3.63) is 23.8 Å². The van der Waals surface area contributed by atoms with E-state index in [2.05, 4.69) is 43.9 Å². The minimum atomic E-state index is 0.238. The normalized spacial score (nSPS) is 16.4. The van der Waals surface area contributed by atoms with Gasteiger partial charge in [0.15, 0.2) is 0 Å². The van der Waals surface area contributed by atoms with Crippen molar-refractivity contribution >= 4 is 17.4 Å². The topological polar surface area (TPSA) is 29.3 Å². The Labute approximate surface area is 109 Å². The van der Waals surface area contributed by atoms with Gasteiger partial charge in [0.05, 0.1) is 0 Å². The molecule has 1 aliphatic rings. The molecule has 0 unspecified atom stereocenters. The van der Waals surface area contributed by atoms with Crippen LogP contribution in [0.4, 0.5) is 5.69 Å². The van der Waals surface area contributed by atoms with E-state index in [4.69, 9.17) is 5.73 Å². The number of benzene rings is 1. The highest BCUT2D eigenvalue weighted by atomic mass is 32.2. The molecule has 0 fully saturated rings. The van der Waals surface area contributed by atoms with Crippen LogP contribution in [0.25, 0.3) is 0 Å². The van der Waals surface area contributed by atoms with Crippen LogP contribution in [0.3, 0.4) is 0 Å². The summed E-state index contributed by atoms with van der Waals surface area (Å²) >= 11 is 1.93. The standard InChI is InChI=1S/C14H22N2S/c1-10(2)17-13-5-4-12-6-7-16(9-11(3)15)14(12)8-13/h4-5,8,10-11H,6-7,9,15H2,1-3H3/t11-/m0/s1. The fraction of sp³-hybridized carbons (Fsp3) is 0.571. The SMILES string of the molecule is CC(C)Sc1ccc2c(c1)N(C[C@H](C)N)CC2. The molecule has 94 valence electrons. The molecule has 0 bridgehead atoms. The third-order valence-electron chi connectivity index (χ3n) is 2.93. The lowest BCUT2D eigenvalue weighted by atomic mass is 10.2. The molecule has 0 amide bonds. The van der Waals surface area contributed by atoms with Gasteiger partial charge in [0.2, 0.25) is 0 Å². The lowest BCUT2D eigenvalue weighted by Gasteiger charge is -2.22. The first-order valence-corrected chi connectivity index (χ1v) is 7.24. The van der Waals surface area contributed by atoms with Gasteiger partial charge in [-0.2, -0.15) is 0 Å². The molecule has 2 rings (SSSR count). The minimum Gasteiger partial charge on any atom is -0.369 e. The molecule has 2 nitrogen and oxygen atoms in total. The van der Waals surface area contributed by atoms with E-state index < -0.39 is 0 Å². The molecule has 3 heteroatoms. The molecule has 0 aromatic heterocycles. The maximum absolute atomic E-state index is 5.90. The average Bonchev–Trinajstić information content (AvgIpc) is 2.59. The van der Waals surface area contributed by atoms with E-state index >= 15 is 0 Å². The van der Waals surface area contributed by atoms with E-state index in [1.54, 1.807) is 0 Å². The largest absolute Gasteiger partial charge is 0.369 e. The van der Waals surface area contributed by atoms with Gasteiger partial charge in [0, 0.05) is 35.0 Å². The van der Waals surface area contributed by atoms with E-state index in [1.165, 1.54) is 16.1 Å². The van der Waals surface area contributed by atoms with E-state index in [1.807, 2.05) is 11.8 Å². The molecular weight excluding hydrogens is 228 g/mol. The summed E-state index contributed by atoms with van der Waals surface area (Å²) in [5.41, 5.74) is 8.77. The Morgan fingerprint density at radius 3 is 2.76 bits per heavy atom. The molecule has 0 aliphatic carbocycles. The quantitative estimate of drug-likeness (QED) is 0.833. The molecule has 0 saturated heterocycles. The summed E-state index contributed by atoms with van der Waals surface area (Å²) in [4.78, 5) is 3.79. The van der Waals surface area contributed by atoms with Crippen molar-refractivity contribution in [3.8, 4) is 0 Å². The van der Waals surface area contributed by atoms with Crippen LogP contribution in [-0.4, -0.2) is 24.4 Å². The second-order valence-corrected chi connectivity index (χ2v) is 6.78. The third-order valence-corrected chi connectivity index (χ3v) is 3.93. The van der Waals surface area contributed by atoms with Gasteiger partial charge in [-0.25, -0.2) is 0 Å². The van der Waals surface area contributed by atoms with Crippen molar-refractivity contribution in [3.63, 3.8) is 0 Å². The van der Waals surface area contributed by atoms with Gasteiger partial charge in [-0.05, 0) is 31.0 Å². The molecule has 1 atom stereocenters. The fourth-order valence-electron chi connectivity index (χ4n) is 2.31. The monoisotopic (exact) mass is 250 g/mol. The molecule has 17 heavy (non-hydrogen) atoms. The first kappa shape index (κ1) is 12.8. The summed E-state index contributed by atoms with van der Waals surface area (Å²) in [7, 11) is 0. The fourth-order valence-corrected chi connectivity index (χ4v) is 3.18. The van der Waals surface area contributed by atoms with Crippen LogP contribution < -0.4 is 10.6 Å². The second kappa shape index (κ2) is 5.32. The second-order valence-electron chi connectivity index (χ2n) is 5.13. The highest BCUT2D eigenvalue weighted by molar-refractivity contribution is 7.99. The number of fused-ring (bicyclic) bond motifs is 1. The third kappa shape index (κ3) is 3.17. The molecule has 1 heterocycles. The zero-order chi connectivity index (χ0) is 12.4. The predicted octanol–water partition coefficient (Wildman–Crippen LogP) is 2.90. The Balaban J connectivity index is 2.18. The van der Waals surface area contributed by atoms with Gasteiger partial charge in [-0.15, -0.1) is 11.8 Å². The lowest BCUT2D eigenvalue weighted by molar-refractivity contribution is 0.693. The first-order valence-electron chi connectivity index (χ1n) is 6.36. The minimum absolute atomic E-state index is 0.238. The molecular formula is C14H22N2S. The Morgan fingerprint density at radius 2 is 2.12 bits per heavy atom. The van der Waals surface area contributed by atoms with E-state index in [0.29, 0.717) is 5.25 Å². The van der Waals surface area contributed by atoms with Gasteiger partial charge in [-0.3, -0.25) is 0 Å². The van der Waals surface area contributed by atoms with Gasteiger partial charge < -0.3 is 10.6 Å². The molecule has 1 aromatic rings. The van der Waals surface area contributed by atoms with Crippen LogP contribution in [-0.2, 0) is 6.42 Å². The smallest absolute Gasteiger partial charge is 0.0411 e. The van der Waals surface area contributed by atoms with E-state index in [-0.39, 0.29) is 6.04 Å².